The lowest BCUT2D eigenvalue weighted by Gasteiger charge is -2.32. The van der Waals surface area contributed by atoms with Crippen molar-refractivity contribution < 1.29 is 4.42 Å². The molecular formula is C23H25ClN2O. The van der Waals surface area contributed by atoms with E-state index in [1.54, 1.807) is 0 Å². The van der Waals surface area contributed by atoms with Crippen molar-refractivity contribution in [2.75, 3.05) is 13.1 Å². The first-order valence-electron chi connectivity index (χ1n) is 9.60. The molecule has 2 heterocycles. The summed E-state index contributed by atoms with van der Waals surface area (Å²) >= 11 is 6.07. The second-order valence-electron chi connectivity index (χ2n) is 7.19. The molecule has 0 saturated carbocycles. The molecule has 0 radical (unpaired) electrons. The van der Waals surface area contributed by atoms with Gasteiger partial charge in [-0.1, -0.05) is 54.1 Å². The fourth-order valence-electron chi connectivity index (χ4n) is 3.65. The zero-order valence-corrected chi connectivity index (χ0v) is 16.2. The molecule has 140 valence electrons. The number of rotatable bonds is 6. The molecule has 4 rings (SSSR count). The number of piperidine rings is 1. The minimum Gasteiger partial charge on any atom is -0.460 e. The lowest BCUT2D eigenvalue weighted by molar-refractivity contribution is 0.189. The van der Waals surface area contributed by atoms with Crippen LogP contribution in [0.3, 0.4) is 0 Å². The smallest absolute Gasteiger partial charge is 0.134 e. The lowest BCUT2D eigenvalue weighted by Crippen LogP contribution is -2.41. The zero-order valence-electron chi connectivity index (χ0n) is 15.4. The van der Waals surface area contributed by atoms with E-state index in [9.17, 15) is 0 Å². The van der Waals surface area contributed by atoms with Crippen molar-refractivity contribution in [2.24, 2.45) is 0 Å². The van der Waals surface area contributed by atoms with Crippen LogP contribution in [0.1, 0.15) is 24.2 Å². The third kappa shape index (κ3) is 5.01. The van der Waals surface area contributed by atoms with Crippen molar-refractivity contribution in [2.45, 2.75) is 32.0 Å². The van der Waals surface area contributed by atoms with Gasteiger partial charge in [0, 0.05) is 23.2 Å². The Labute approximate surface area is 166 Å². The molecule has 0 atom stereocenters. The molecule has 2 aromatic carbocycles. The number of nitrogens with one attached hydrogen (secondary N) is 1. The number of nitrogens with zero attached hydrogens (tertiary/aromatic N) is 1. The minimum absolute atomic E-state index is 0.553. The maximum Gasteiger partial charge on any atom is 0.134 e. The number of benzene rings is 2. The van der Waals surface area contributed by atoms with Crippen LogP contribution < -0.4 is 5.32 Å². The van der Waals surface area contributed by atoms with E-state index in [-0.39, 0.29) is 0 Å². The van der Waals surface area contributed by atoms with Gasteiger partial charge in [-0.3, -0.25) is 4.90 Å². The second-order valence-corrected chi connectivity index (χ2v) is 7.63. The number of likely N-dealkylation sites (tertiary alicyclic amines) is 1. The van der Waals surface area contributed by atoms with Crippen molar-refractivity contribution >= 4 is 11.6 Å². The Morgan fingerprint density at radius 1 is 0.963 bits per heavy atom. The Bertz CT molecular complexity index is 854. The van der Waals surface area contributed by atoms with Gasteiger partial charge in [-0.25, -0.2) is 0 Å². The summed E-state index contributed by atoms with van der Waals surface area (Å²) in [5.74, 6) is 1.84. The van der Waals surface area contributed by atoms with E-state index >= 15 is 0 Å². The first-order valence-corrected chi connectivity index (χ1v) is 9.98. The van der Waals surface area contributed by atoms with Crippen molar-refractivity contribution in [3.05, 3.63) is 83.1 Å². The summed E-state index contributed by atoms with van der Waals surface area (Å²) in [6.07, 6.45) is 2.35. The van der Waals surface area contributed by atoms with Crippen LogP contribution in [-0.2, 0) is 13.1 Å². The fraction of sp³-hybridized carbons (Fsp3) is 0.304. The normalized spacial score (nSPS) is 15.9. The second kappa shape index (κ2) is 8.75. The highest BCUT2D eigenvalue weighted by Gasteiger charge is 2.19. The van der Waals surface area contributed by atoms with Crippen LogP contribution in [0, 0.1) is 0 Å². The Balaban J connectivity index is 1.25. The molecule has 1 aliphatic heterocycles. The molecule has 0 bridgehead atoms. The van der Waals surface area contributed by atoms with E-state index in [4.69, 9.17) is 16.0 Å². The lowest BCUT2D eigenvalue weighted by atomic mass is 10.0. The van der Waals surface area contributed by atoms with Crippen molar-refractivity contribution in [3.63, 3.8) is 0 Å². The van der Waals surface area contributed by atoms with E-state index in [0.29, 0.717) is 6.04 Å². The quantitative estimate of drug-likeness (QED) is 0.624. The predicted octanol–water partition coefficient (Wildman–Crippen LogP) is 5.35. The van der Waals surface area contributed by atoms with Crippen LogP contribution in [0.5, 0.6) is 0 Å². The third-order valence-corrected chi connectivity index (χ3v) is 5.41. The van der Waals surface area contributed by atoms with Crippen LogP contribution in [0.2, 0.25) is 5.02 Å². The van der Waals surface area contributed by atoms with Crippen LogP contribution >= 0.6 is 11.6 Å². The number of hydrogen-bond acceptors (Lipinski definition) is 3. The van der Waals surface area contributed by atoms with Crippen LogP contribution in [0.4, 0.5) is 0 Å². The van der Waals surface area contributed by atoms with Gasteiger partial charge in [-0.05, 0) is 55.8 Å². The molecule has 0 amide bonds. The molecule has 3 nitrogen and oxygen atoms in total. The summed E-state index contributed by atoms with van der Waals surface area (Å²) < 4.78 is 5.98. The maximum atomic E-state index is 6.07. The van der Waals surface area contributed by atoms with Gasteiger partial charge in [0.25, 0.3) is 0 Å². The first-order chi connectivity index (χ1) is 13.3. The highest BCUT2D eigenvalue weighted by Crippen LogP contribution is 2.25. The van der Waals surface area contributed by atoms with Crippen molar-refractivity contribution in [3.8, 4) is 11.3 Å². The predicted molar refractivity (Wildman–Crippen MR) is 111 cm³/mol. The molecule has 3 aromatic rings. The average molecular weight is 381 g/mol. The summed E-state index contributed by atoms with van der Waals surface area (Å²) in [6, 6.07) is 23.1. The van der Waals surface area contributed by atoms with Gasteiger partial charge in [-0.15, -0.1) is 0 Å². The van der Waals surface area contributed by atoms with E-state index in [1.165, 1.54) is 18.4 Å². The first kappa shape index (κ1) is 18.3. The standard InChI is InChI=1S/C23H25ClN2O/c24-20-8-4-7-19(15-20)23-10-9-22(27-23)16-25-21-11-13-26(14-12-21)17-18-5-2-1-3-6-18/h1-10,15,21,25H,11-14,16-17H2. The minimum atomic E-state index is 0.553. The van der Waals surface area contributed by atoms with Gasteiger partial charge >= 0.3 is 0 Å². The summed E-state index contributed by atoms with van der Waals surface area (Å²) in [5.41, 5.74) is 2.41. The van der Waals surface area contributed by atoms with Gasteiger partial charge in [0.05, 0.1) is 6.54 Å². The molecule has 27 heavy (non-hydrogen) atoms. The fourth-order valence-corrected chi connectivity index (χ4v) is 3.84. The number of furan rings is 1. The van der Waals surface area contributed by atoms with Gasteiger partial charge < -0.3 is 9.73 Å². The molecule has 4 heteroatoms. The Kier molecular flexibility index (Phi) is 5.93. The molecule has 1 aliphatic rings. The van der Waals surface area contributed by atoms with E-state index < -0.39 is 0 Å². The molecule has 1 saturated heterocycles. The van der Waals surface area contributed by atoms with Gasteiger partial charge in [0.15, 0.2) is 0 Å². The monoisotopic (exact) mass is 380 g/mol. The summed E-state index contributed by atoms with van der Waals surface area (Å²) in [6.45, 7) is 4.09. The number of halogens is 1. The third-order valence-electron chi connectivity index (χ3n) is 5.17. The van der Waals surface area contributed by atoms with Gasteiger partial charge in [-0.2, -0.15) is 0 Å². The van der Waals surface area contributed by atoms with Crippen LogP contribution in [0.15, 0.2) is 71.1 Å². The summed E-state index contributed by atoms with van der Waals surface area (Å²) in [4.78, 5) is 2.54. The van der Waals surface area contributed by atoms with E-state index in [0.717, 1.165) is 48.3 Å². The summed E-state index contributed by atoms with van der Waals surface area (Å²) in [5, 5.41) is 4.38. The Morgan fingerprint density at radius 2 is 1.78 bits per heavy atom. The van der Waals surface area contributed by atoms with Crippen molar-refractivity contribution in [1.29, 1.82) is 0 Å². The Hall–Kier alpha value is -2.07. The molecule has 0 unspecified atom stereocenters. The zero-order chi connectivity index (χ0) is 18.5. The average Bonchev–Trinajstić information content (AvgIpc) is 3.17. The van der Waals surface area contributed by atoms with Crippen LogP contribution in [0.25, 0.3) is 11.3 Å². The van der Waals surface area contributed by atoms with Gasteiger partial charge in [0.2, 0.25) is 0 Å². The Morgan fingerprint density at radius 3 is 2.56 bits per heavy atom. The molecule has 1 aromatic heterocycles. The van der Waals surface area contributed by atoms with Gasteiger partial charge in [0.1, 0.15) is 11.5 Å². The van der Waals surface area contributed by atoms with Crippen molar-refractivity contribution in [1.82, 2.24) is 10.2 Å². The highest BCUT2D eigenvalue weighted by atomic mass is 35.5. The molecule has 1 N–H and O–H groups in total. The van der Waals surface area contributed by atoms with Crippen LogP contribution in [-0.4, -0.2) is 24.0 Å². The molecular weight excluding hydrogens is 356 g/mol. The maximum absolute atomic E-state index is 6.07. The number of hydrogen-bond donors (Lipinski definition) is 1. The highest BCUT2D eigenvalue weighted by molar-refractivity contribution is 6.30. The van der Waals surface area contributed by atoms with E-state index in [1.807, 2.05) is 36.4 Å². The largest absolute Gasteiger partial charge is 0.460 e. The molecule has 1 fully saturated rings. The van der Waals surface area contributed by atoms with E-state index in [2.05, 4.69) is 40.5 Å². The summed E-state index contributed by atoms with van der Waals surface area (Å²) in [7, 11) is 0. The topological polar surface area (TPSA) is 28.4 Å². The molecule has 0 spiro atoms. The molecule has 0 aliphatic carbocycles. The SMILES string of the molecule is Clc1cccc(-c2ccc(CNC3CCN(Cc4ccccc4)CC3)o2)c1.